The normalized spacial score (nSPS) is 15.2. The van der Waals surface area contributed by atoms with Crippen molar-refractivity contribution in [3.8, 4) is 11.5 Å². The number of hydrogen-bond donors (Lipinski definition) is 1. The van der Waals surface area contributed by atoms with Gasteiger partial charge >= 0.3 is 0 Å². The Kier molecular flexibility index (Phi) is 9.19. The average molecular weight is 812 g/mol. The minimum atomic E-state index is -0.828. The van der Waals surface area contributed by atoms with Gasteiger partial charge in [-0.25, -0.2) is 14.9 Å². The molecule has 1 N–H and O–H groups in total. The Bertz CT molecular complexity index is 2980. The SMILES string of the molecule is COc1ccc([C@H]2C(C(=O)Nc3ccccc3)=C(C)N=c3s/c(=C\c4ccc(Sc5nc6ccc(N7C(=O)c8ccccc8C7=O)cc6s5)o4)c(=O)n32)cc1OC. The van der Waals surface area contributed by atoms with E-state index in [2.05, 4.69) is 5.32 Å². The molecule has 15 heteroatoms. The lowest BCUT2D eigenvalue weighted by Gasteiger charge is -2.26. The van der Waals surface area contributed by atoms with Crippen LogP contribution in [0.15, 0.2) is 138 Å². The van der Waals surface area contributed by atoms with Gasteiger partial charge in [0.2, 0.25) is 0 Å². The summed E-state index contributed by atoms with van der Waals surface area (Å²) < 4.78 is 20.6. The van der Waals surface area contributed by atoms with Crippen LogP contribution in [0.1, 0.15) is 45.0 Å². The van der Waals surface area contributed by atoms with Gasteiger partial charge in [-0.2, -0.15) is 0 Å². The van der Waals surface area contributed by atoms with E-state index >= 15 is 0 Å². The van der Waals surface area contributed by atoms with Crippen LogP contribution in [0.25, 0.3) is 16.3 Å². The molecule has 0 spiro atoms. The molecule has 3 amide bonds. The van der Waals surface area contributed by atoms with E-state index in [0.29, 0.717) is 80.9 Å². The van der Waals surface area contributed by atoms with Crippen molar-refractivity contribution in [1.29, 1.82) is 0 Å². The predicted octanol–water partition coefficient (Wildman–Crippen LogP) is 7.05. The van der Waals surface area contributed by atoms with Gasteiger partial charge in [0.05, 0.1) is 63.1 Å². The van der Waals surface area contributed by atoms with Crippen LogP contribution in [0, 0.1) is 0 Å². The smallest absolute Gasteiger partial charge is 0.271 e. The zero-order chi connectivity index (χ0) is 39.4. The Morgan fingerprint density at radius 2 is 1.60 bits per heavy atom. The molecule has 4 aromatic carbocycles. The van der Waals surface area contributed by atoms with Crippen LogP contribution in [-0.2, 0) is 4.79 Å². The second-order valence-corrected chi connectivity index (χ2v) is 16.2. The lowest BCUT2D eigenvalue weighted by atomic mass is 9.94. The first-order valence-corrected chi connectivity index (χ1v) is 19.9. The van der Waals surface area contributed by atoms with Gasteiger partial charge in [0.25, 0.3) is 23.3 Å². The molecule has 0 unspecified atom stereocenters. The predicted molar refractivity (Wildman–Crippen MR) is 218 cm³/mol. The van der Waals surface area contributed by atoms with E-state index in [1.807, 2.05) is 18.2 Å². The topological polar surface area (TPSA) is 145 Å². The number of hydrogen-bond acceptors (Lipinski definition) is 12. The van der Waals surface area contributed by atoms with Gasteiger partial charge in [-0.3, -0.25) is 23.7 Å². The number of ether oxygens (including phenoxy) is 2. The fraction of sp³-hybridized carbons (Fsp3) is 0.0952. The number of benzene rings is 4. The number of amides is 3. The molecule has 0 fully saturated rings. The quantitative estimate of drug-likeness (QED) is 0.152. The maximum absolute atomic E-state index is 14.3. The van der Waals surface area contributed by atoms with Crippen molar-refractivity contribution in [3.63, 3.8) is 0 Å². The number of nitrogens with zero attached hydrogens (tertiary/aromatic N) is 4. The summed E-state index contributed by atoms with van der Waals surface area (Å²) in [6, 6.07) is 29.2. The first kappa shape index (κ1) is 36.1. The van der Waals surface area contributed by atoms with Crippen LogP contribution in [0.2, 0.25) is 0 Å². The standard InChI is InChI=1S/C42H29N5O7S3/c1-22-35(37(48)44-24-9-5-4-6-10-24)36(23-13-17-30(52-2)31(19-23)53-3)47-40(51)33(55-41(47)43-22)21-26-15-18-34(54-26)57-42-45-29-16-14-25(20-32(29)56-42)46-38(49)27-11-7-8-12-28(27)39(46)50/h4-21,36H,1-3H3,(H,44,48)/b33-21-/t36-/m0/s1. The molecule has 0 saturated heterocycles. The molecule has 57 heavy (non-hydrogen) atoms. The van der Waals surface area contributed by atoms with Crippen LogP contribution < -0.4 is 34.6 Å². The van der Waals surface area contributed by atoms with Crippen molar-refractivity contribution in [1.82, 2.24) is 9.55 Å². The molecule has 0 radical (unpaired) electrons. The van der Waals surface area contributed by atoms with E-state index in [1.165, 1.54) is 51.0 Å². The van der Waals surface area contributed by atoms with E-state index in [0.717, 1.165) is 4.70 Å². The summed E-state index contributed by atoms with van der Waals surface area (Å²) in [5, 5.41) is 3.51. The van der Waals surface area contributed by atoms with Gasteiger partial charge < -0.3 is 19.2 Å². The Morgan fingerprint density at radius 1 is 0.860 bits per heavy atom. The lowest BCUT2D eigenvalue weighted by molar-refractivity contribution is -0.113. The van der Waals surface area contributed by atoms with Crippen molar-refractivity contribution >= 4 is 79.8 Å². The fourth-order valence-electron chi connectivity index (χ4n) is 6.85. The highest BCUT2D eigenvalue weighted by atomic mass is 32.2. The number of furan rings is 1. The molecule has 282 valence electrons. The number of allylic oxidation sites excluding steroid dienone is 1. The maximum atomic E-state index is 14.3. The summed E-state index contributed by atoms with van der Waals surface area (Å²) in [5.41, 5.74) is 3.64. The van der Waals surface area contributed by atoms with E-state index in [4.69, 9.17) is 23.9 Å². The largest absolute Gasteiger partial charge is 0.493 e. The number of carbonyl (C=O) groups excluding carboxylic acids is 3. The van der Waals surface area contributed by atoms with Crippen LogP contribution in [0.5, 0.6) is 11.5 Å². The zero-order valence-electron chi connectivity index (χ0n) is 30.3. The van der Waals surface area contributed by atoms with Crippen LogP contribution in [-0.4, -0.2) is 41.5 Å². The maximum Gasteiger partial charge on any atom is 0.271 e. The fourth-order valence-corrected chi connectivity index (χ4v) is 9.88. The number of imide groups is 1. The monoisotopic (exact) mass is 811 g/mol. The van der Waals surface area contributed by atoms with Gasteiger partial charge in [0, 0.05) is 11.8 Å². The van der Waals surface area contributed by atoms with Gasteiger partial charge in [-0.05, 0) is 91.0 Å². The third kappa shape index (κ3) is 6.44. The number of fused-ring (bicyclic) bond motifs is 3. The van der Waals surface area contributed by atoms with Crippen molar-refractivity contribution in [2.75, 3.05) is 24.4 Å². The third-order valence-corrected chi connectivity index (χ3v) is 12.5. The molecule has 0 bridgehead atoms. The Hall–Kier alpha value is -6.55. The number of methoxy groups -OCH3 is 2. The molecular weight excluding hydrogens is 783 g/mol. The number of nitrogens with one attached hydrogen (secondary N) is 1. The van der Waals surface area contributed by atoms with Crippen molar-refractivity contribution in [3.05, 3.63) is 157 Å². The van der Waals surface area contributed by atoms with Crippen LogP contribution in [0.4, 0.5) is 11.4 Å². The van der Waals surface area contributed by atoms with Gasteiger partial charge in [0.15, 0.2) is 25.7 Å². The Morgan fingerprint density at radius 3 is 2.33 bits per heavy atom. The molecule has 2 aliphatic rings. The minimum absolute atomic E-state index is 0.313. The van der Waals surface area contributed by atoms with Crippen molar-refractivity contribution in [2.45, 2.75) is 22.4 Å². The van der Waals surface area contributed by atoms with E-state index < -0.39 is 6.04 Å². The van der Waals surface area contributed by atoms with Gasteiger partial charge in [0.1, 0.15) is 5.76 Å². The van der Waals surface area contributed by atoms with Crippen LogP contribution >= 0.6 is 34.4 Å². The molecule has 12 nitrogen and oxygen atoms in total. The van der Waals surface area contributed by atoms with Crippen molar-refractivity contribution in [2.24, 2.45) is 4.99 Å². The molecule has 5 heterocycles. The Balaban J connectivity index is 1.02. The second kappa shape index (κ2) is 14.5. The number of thiazole rings is 2. The number of para-hydroxylation sites is 1. The molecule has 1 atom stereocenters. The van der Waals surface area contributed by atoms with Gasteiger partial charge in [-0.1, -0.05) is 47.7 Å². The van der Waals surface area contributed by atoms with E-state index in [9.17, 15) is 19.2 Å². The second-order valence-electron chi connectivity index (χ2n) is 12.9. The number of carbonyl (C=O) groups is 3. The molecule has 3 aromatic heterocycles. The van der Waals surface area contributed by atoms with Crippen molar-refractivity contribution < 1.29 is 28.3 Å². The first-order valence-electron chi connectivity index (χ1n) is 17.5. The summed E-state index contributed by atoms with van der Waals surface area (Å²) in [6.45, 7) is 1.76. The summed E-state index contributed by atoms with van der Waals surface area (Å²) >= 11 is 3.92. The molecule has 0 aliphatic carbocycles. The summed E-state index contributed by atoms with van der Waals surface area (Å²) in [7, 11) is 3.07. The lowest BCUT2D eigenvalue weighted by Crippen LogP contribution is -2.40. The van der Waals surface area contributed by atoms with E-state index in [1.54, 1.807) is 105 Å². The van der Waals surface area contributed by atoms with E-state index in [-0.39, 0.29) is 23.3 Å². The van der Waals surface area contributed by atoms with Crippen LogP contribution in [0.3, 0.4) is 0 Å². The zero-order valence-corrected chi connectivity index (χ0v) is 32.8. The minimum Gasteiger partial charge on any atom is -0.493 e. The average Bonchev–Trinajstić information content (AvgIpc) is 3.98. The number of aromatic nitrogens is 2. The first-order chi connectivity index (χ1) is 27.7. The third-order valence-electron chi connectivity index (χ3n) is 9.49. The number of anilines is 2. The Labute approximate surface area is 336 Å². The highest BCUT2D eigenvalue weighted by molar-refractivity contribution is 8.01. The van der Waals surface area contributed by atoms with Gasteiger partial charge in [-0.15, -0.1) is 11.3 Å². The molecule has 9 rings (SSSR count). The summed E-state index contributed by atoms with van der Waals surface area (Å²) in [5.74, 6) is 0.297. The summed E-state index contributed by atoms with van der Waals surface area (Å²) in [6.07, 6.45) is 1.66. The molecule has 7 aromatic rings. The highest BCUT2D eigenvalue weighted by Gasteiger charge is 2.37. The highest BCUT2D eigenvalue weighted by Crippen LogP contribution is 2.39. The molecule has 2 aliphatic heterocycles. The number of rotatable bonds is 9. The molecular formula is C42H29N5O7S3. The molecule has 0 saturated carbocycles. The summed E-state index contributed by atoms with van der Waals surface area (Å²) in [4.78, 5) is 65.5.